The molecule has 1 aromatic heterocycles. The van der Waals surface area contributed by atoms with Crippen LogP contribution in [0.1, 0.15) is 21.6 Å². The van der Waals surface area contributed by atoms with Crippen LogP contribution >= 0.6 is 0 Å². The molecule has 162 valence electrons. The minimum Gasteiger partial charge on any atom is -0.507 e. The number of carboxylic acids is 1. The second-order valence-corrected chi connectivity index (χ2v) is 7.41. The Bertz CT molecular complexity index is 869. The van der Waals surface area contributed by atoms with Crippen LogP contribution < -0.4 is 10.5 Å². The number of nitrogens with zero attached hydrogens (tertiary/aromatic N) is 3. The van der Waals surface area contributed by atoms with Crippen molar-refractivity contribution in [2.24, 2.45) is 5.73 Å². The van der Waals surface area contributed by atoms with Crippen molar-refractivity contribution in [1.29, 1.82) is 0 Å². The van der Waals surface area contributed by atoms with E-state index >= 15 is 0 Å². The van der Waals surface area contributed by atoms with Gasteiger partial charge in [-0.2, -0.15) is 0 Å². The van der Waals surface area contributed by atoms with Crippen molar-refractivity contribution < 1.29 is 29.8 Å². The number of hydrogen-bond acceptors (Lipinski definition) is 8. The molecular formula is C19H27BN4O6. The van der Waals surface area contributed by atoms with Gasteiger partial charge < -0.3 is 35.3 Å². The number of aromatic hydroxyl groups is 1. The van der Waals surface area contributed by atoms with Crippen LogP contribution in [0.4, 0.5) is 0 Å². The van der Waals surface area contributed by atoms with E-state index in [1.807, 2.05) is 10.8 Å². The van der Waals surface area contributed by atoms with Crippen LogP contribution in [0.3, 0.4) is 0 Å². The monoisotopic (exact) mass is 418 g/mol. The van der Waals surface area contributed by atoms with Crippen molar-refractivity contribution in [3.05, 3.63) is 41.5 Å². The Morgan fingerprint density at radius 3 is 2.70 bits per heavy atom. The number of likely N-dealkylation sites (tertiary alicyclic amines) is 1. The number of aromatic carboxylic acids is 1. The zero-order chi connectivity index (χ0) is 21.7. The quantitative estimate of drug-likeness (QED) is 0.306. The number of nitrogens with two attached hydrogens (primary N) is 1. The van der Waals surface area contributed by atoms with E-state index in [1.165, 1.54) is 6.07 Å². The molecule has 1 aliphatic rings. The molecule has 6 N–H and O–H groups in total. The minimum absolute atomic E-state index is 0.00492. The molecule has 1 fully saturated rings. The van der Waals surface area contributed by atoms with Crippen molar-refractivity contribution in [3.63, 3.8) is 0 Å². The van der Waals surface area contributed by atoms with Gasteiger partial charge in [0.2, 0.25) is 0 Å². The number of phenols is 1. The van der Waals surface area contributed by atoms with E-state index < -0.39 is 18.8 Å². The second-order valence-electron chi connectivity index (χ2n) is 7.41. The largest absolute Gasteiger partial charge is 0.507 e. The summed E-state index contributed by atoms with van der Waals surface area (Å²) >= 11 is 0. The topological polar surface area (TPSA) is 154 Å². The van der Waals surface area contributed by atoms with Gasteiger partial charge in [-0.25, -0.2) is 9.78 Å². The normalized spacial score (nSPS) is 14.5. The van der Waals surface area contributed by atoms with Crippen LogP contribution in [0.2, 0.25) is 6.32 Å². The van der Waals surface area contributed by atoms with Crippen molar-refractivity contribution in [1.82, 2.24) is 14.5 Å². The second kappa shape index (κ2) is 9.94. The van der Waals surface area contributed by atoms with Gasteiger partial charge >= 0.3 is 13.1 Å². The highest BCUT2D eigenvalue weighted by Crippen LogP contribution is 2.33. The van der Waals surface area contributed by atoms with Crippen molar-refractivity contribution in [2.75, 3.05) is 26.2 Å². The Hall–Kier alpha value is -2.60. The van der Waals surface area contributed by atoms with Gasteiger partial charge in [-0.3, -0.25) is 4.90 Å². The molecule has 2 heterocycles. The molecule has 0 aliphatic carbocycles. The Labute approximate surface area is 174 Å². The number of hydrogen-bond donors (Lipinski definition) is 5. The fraction of sp³-hybridized carbons (Fsp3) is 0.474. The van der Waals surface area contributed by atoms with Crippen LogP contribution in [0.15, 0.2) is 24.7 Å². The summed E-state index contributed by atoms with van der Waals surface area (Å²) in [6, 6.07) is 3.06. The van der Waals surface area contributed by atoms with Gasteiger partial charge in [0.1, 0.15) is 23.2 Å². The average molecular weight is 418 g/mol. The molecule has 0 unspecified atom stereocenters. The third-order valence-electron chi connectivity index (χ3n) is 5.09. The molecule has 0 radical (unpaired) electrons. The Kier molecular flexibility index (Phi) is 7.32. The average Bonchev–Trinajstić information content (AvgIpc) is 3.10. The zero-order valence-electron chi connectivity index (χ0n) is 16.6. The first-order valence-electron chi connectivity index (χ1n) is 9.91. The number of benzene rings is 1. The summed E-state index contributed by atoms with van der Waals surface area (Å²) in [5.74, 6) is -1.58. The molecule has 10 nitrogen and oxygen atoms in total. The lowest BCUT2D eigenvalue weighted by molar-refractivity contribution is 0.0168. The lowest BCUT2D eigenvalue weighted by atomic mass is 9.82. The molecule has 0 amide bonds. The summed E-state index contributed by atoms with van der Waals surface area (Å²) in [4.78, 5) is 18.1. The highest BCUT2D eigenvalue weighted by Gasteiger charge is 2.30. The molecule has 1 aliphatic heterocycles. The van der Waals surface area contributed by atoms with E-state index in [0.717, 1.165) is 25.2 Å². The van der Waals surface area contributed by atoms with E-state index in [1.54, 1.807) is 12.4 Å². The first-order chi connectivity index (χ1) is 14.4. The predicted octanol–water partition coefficient (Wildman–Crippen LogP) is -0.433. The van der Waals surface area contributed by atoms with Gasteiger partial charge in [0.05, 0.1) is 12.0 Å². The lowest BCUT2D eigenvalue weighted by Crippen LogP contribution is -2.54. The molecule has 2 aromatic rings. The summed E-state index contributed by atoms with van der Waals surface area (Å²) in [6.07, 6.45) is 4.50. The van der Waals surface area contributed by atoms with Crippen molar-refractivity contribution in [3.8, 4) is 11.5 Å². The summed E-state index contributed by atoms with van der Waals surface area (Å²) in [5.41, 5.74) is 6.53. The number of carbonyl (C=O) groups is 1. The third kappa shape index (κ3) is 5.51. The molecule has 3 rings (SSSR count). The summed E-state index contributed by atoms with van der Waals surface area (Å²) < 4.78 is 7.82. The van der Waals surface area contributed by atoms with Gasteiger partial charge in [0.25, 0.3) is 0 Å². The van der Waals surface area contributed by atoms with Crippen LogP contribution in [0.5, 0.6) is 11.5 Å². The van der Waals surface area contributed by atoms with Crippen LogP contribution in [0, 0.1) is 0 Å². The van der Waals surface area contributed by atoms with Gasteiger partial charge in [0, 0.05) is 38.8 Å². The standard InChI is InChI=1S/C19H27BN4O6/c21-6-4-14-9-24(12-22-14)8-7-23-10-15(11-23)30-16-2-1-13(3-5-20(28)29)18(25)17(16)19(26)27/h1-2,9,12,15,25,28-29H,3-8,10-11,21H2,(H,26,27). The first-order valence-corrected chi connectivity index (χ1v) is 9.91. The highest BCUT2D eigenvalue weighted by molar-refractivity contribution is 6.41. The minimum atomic E-state index is -1.52. The Balaban J connectivity index is 1.53. The highest BCUT2D eigenvalue weighted by atomic mass is 16.5. The number of aromatic nitrogens is 2. The van der Waals surface area contributed by atoms with Crippen LogP contribution in [-0.4, -0.2) is 80.1 Å². The van der Waals surface area contributed by atoms with Crippen molar-refractivity contribution >= 4 is 13.1 Å². The lowest BCUT2D eigenvalue weighted by Gasteiger charge is -2.39. The Morgan fingerprint density at radius 1 is 1.27 bits per heavy atom. The van der Waals surface area contributed by atoms with E-state index in [9.17, 15) is 15.0 Å². The van der Waals surface area contributed by atoms with Crippen LogP contribution in [-0.2, 0) is 19.4 Å². The molecular weight excluding hydrogens is 391 g/mol. The maximum Gasteiger partial charge on any atom is 0.451 e. The zero-order valence-corrected chi connectivity index (χ0v) is 16.6. The molecule has 30 heavy (non-hydrogen) atoms. The van der Waals surface area contributed by atoms with E-state index in [0.29, 0.717) is 25.2 Å². The van der Waals surface area contributed by atoms with Crippen LogP contribution in [0.25, 0.3) is 0 Å². The molecule has 0 atom stereocenters. The van der Waals surface area contributed by atoms with Gasteiger partial charge in [-0.05, 0) is 30.9 Å². The number of rotatable bonds is 11. The molecule has 11 heteroatoms. The molecule has 0 bridgehead atoms. The maximum atomic E-state index is 11.6. The van der Waals surface area contributed by atoms with E-state index in [-0.39, 0.29) is 30.2 Å². The molecule has 1 saturated heterocycles. The molecule has 0 spiro atoms. The number of aryl methyl sites for hydroxylation is 1. The first kappa shape index (κ1) is 22.1. The molecule has 1 aromatic carbocycles. The van der Waals surface area contributed by atoms with E-state index in [2.05, 4.69) is 9.88 Å². The predicted molar refractivity (Wildman–Crippen MR) is 110 cm³/mol. The Morgan fingerprint density at radius 2 is 2.03 bits per heavy atom. The van der Waals surface area contributed by atoms with E-state index in [4.69, 9.17) is 20.5 Å². The smallest absolute Gasteiger partial charge is 0.451 e. The molecule has 0 saturated carbocycles. The maximum absolute atomic E-state index is 11.6. The number of imidazole rings is 1. The fourth-order valence-corrected chi connectivity index (χ4v) is 3.43. The summed E-state index contributed by atoms with van der Waals surface area (Å²) in [5, 5.41) is 37.8. The SMILES string of the molecule is NCCc1cn(CCN2CC(Oc3ccc(CCB(O)O)c(O)c3C(=O)O)C2)cn1. The number of ether oxygens (including phenoxy) is 1. The summed E-state index contributed by atoms with van der Waals surface area (Å²) in [7, 11) is -1.52. The van der Waals surface area contributed by atoms with Gasteiger partial charge in [-0.1, -0.05) is 6.07 Å². The number of carboxylic acid groups (broad SMARTS) is 1. The third-order valence-corrected chi connectivity index (χ3v) is 5.09. The van der Waals surface area contributed by atoms with Gasteiger partial charge in [-0.15, -0.1) is 0 Å². The fourth-order valence-electron chi connectivity index (χ4n) is 3.43. The van der Waals surface area contributed by atoms with Gasteiger partial charge in [0.15, 0.2) is 0 Å². The summed E-state index contributed by atoms with van der Waals surface area (Å²) in [6.45, 7) is 3.49. The van der Waals surface area contributed by atoms with Crippen molar-refractivity contribution in [2.45, 2.75) is 31.8 Å².